The van der Waals surface area contributed by atoms with Crippen LogP contribution in [0.5, 0.6) is 0 Å². The van der Waals surface area contributed by atoms with Crippen molar-refractivity contribution in [1.82, 2.24) is 0 Å². The van der Waals surface area contributed by atoms with Crippen LogP contribution >= 0.6 is 45.3 Å². The molecule has 4 heteroatoms. The topological polar surface area (TPSA) is 0 Å². The van der Waals surface area contributed by atoms with Crippen molar-refractivity contribution in [3.05, 3.63) is 126 Å². The Kier molecular flexibility index (Phi) is 10.6. The molecule has 0 radical (unpaired) electrons. The fourth-order valence-corrected chi connectivity index (χ4v) is 10.2. The SMILES string of the molecule is CCCCCCc1ccsc1C1=CC=CC2=C(c3sc(-c4cccs4)cc3CCCCC(C)c3cccs3)C=CC=C1C2. The summed E-state index contributed by atoms with van der Waals surface area (Å²) in [6.07, 6.45) is 26.5. The Morgan fingerprint density at radius 2 is 1.58 bits per heavy atom. The van der Waals surface area contributed by atoms with Crippen LogP contribution in [-0.2, 0) is 12.8 Å². The molecule has 0 saturated heterocycles. The van der Waals surface area contributed by atoms with Gasteiger partial charge in [-0.25, -0.2) is 0 Å². The fraction of sp³-hybridized carbons (Fsp3) is 0.333. The van der Waals surface area contributed by atoms with E-state index in [0.29, 0.717) is 5.92 Å². The predicted molar refractivity (Wildman–Crippen MR) is 196 cm³/mol. The molecule has 0 saturated carbocycles. The summed E-state index contributed by atoms with van der Waals surface area (Å²) in [6.45, 7) is 4.68. The molecule has 6 rings (SSSR count). The summed E-state index contributed by atoms with van der Waals surface area (Å²) in [5.41, 5.74) is 8.77. The molecule has 1 atom stereocenters. The summed E-state index contributed by atoms with van der Waals surface area (Å²) < 4.78 is 0. The van der Waals surface area contributed by atoms with E-state index in [1.165, 1.54) is 109 Å². The number of fused-ring (bicyclic) bond motifs is 2. The van der Waals surface area contributed by atoms with Crippen molar-refractivity contribution in [3.63, 3.8) is 0 Å². The molecule has 2 aliphatic carbocycles. The van der Waals surface area contributed by atoms with Crippen LogP contribution in [0.2, 0.25) is 0 Å². The van der Waals surface area contributed by atoms with Gasteiger partial charge in [0, 0.05) is 24.4 Å². The number of aryl methyl sites for hydroxylation is 2. The minimum atomic E-state index is 0.654. The van der Waals surface area contributed by atoms with E-state index in [9.17, 15) is 0 Å². The zero-order valence-corrected chi connectivity index (χ0v) is 28.7. The van der Waals surface area contributed by atoms with Crippen LogP contribution in [0.4, 0.5) is 0 Å². The first-order valence-electron chi connectivity index (χ1n) is 16.0. The second kappa shape index (κ2) is 15.0. The minimum absolute atomic E-state index is 0.654. The Bertz CT molecular complexity index is 1630. The summed E-state index contributed by atoms with van der Waals surface area (Å²) in [7, 11) is 0. The second-order valence-corrected chi connectivity index (χ2v) is 15.7. The van der Waals surface area contributed by atoms with Crippen molar-refractivity contribution in [2.45, 2.75) is 84.0 Å². The molecular weight excluding hydrogens is 597 g/mol. The Morgan fingerprint density at radius 1 is 0.744 bits per heavy atom. The van der Waals surface area contributed by atoms with Crippen LogP contribution in [0, 0.1) is 0 Å². The van der Waals surface area contributed by atoms with E-state index in [4.69, 9.17) is 0 Å². The van der Waals surface area contributed by atoms with Crippen molar-refractivity contribution >= 4 is 56.5 Å². The van der Waals surface area contributed by atoms with E-state index >= 15 is 0 Å². The Hall–Kier alpha value is -2.50. The maximum Gasteiger partial charge on any atom is 0.0452 e. The van der Waals surface area contributed by atoms with Crippen LogP contribution in [0.1, 0.15) is 96.9 Å². The van der Waals surface area contributed by atoms with E-state index in [1.807, 2.05) is 45.3 Å². The molecule has 0 amide bonds. The van der Waals surface area contributed by atoms with Crippen molar-refractivity contribution in [3.8, 4) is 9.75 Å². The Labute approximate surface area is 274 Å². The first-order valence-corrected chi connectivity index (χ1v) is 19.4. The van der Waals surface area contributed by atoms with Gasteiger partial charge in [-0.2, -0.15) is 0 Å². The molecule has 0 aromatic carbocycles. The normalized spacial score (nSPS) is 15.4. The number of rotatable bonds is 14. The van der Waals surface area contributed by atoms with Crippen LogP contribution in [-0.4, -0.2) is 0 Å². The van der Waals surface area contributed by atoms with E-state index in [0.717, 1.165) is 12.8 Å². The Balaban J connectivity index is 1.23. The molecule has 1 unspecified atom stereocenters. The predicted octanol–water partition coefficient (Wildman–Crippen LogP) is 13.5. The summed E-state index contributed by atoms with van der Waals surface area (Å²) in [5.74, 6) is 0.654. The molecule has 0 nitrogen and oxygen atoms in total. The average Bonchev–Trinajstić information content (AvgIpc) is 3.83. The number of thiophene rings is 4. The molecule has 2 aliphatic rings. The van der Waals surface area contributed by atoms with Crippen molar-refractivity contribution in [2.75, 3.05) is 0 Å². The highest BCUT2D eigenvalue weighted by Gasteiger charge is 2.22. The summed E-state index contributed by atoms with van der Waals surface area (Å²) in [4.78, 5) is 7.26. The van der Waals surface area contributed by atoms with Gasteiger partial charge in [-0.3, -0.25) is 0 Å². The Morgan fingerprint density at radius 3 is 2.42 bits per heavy atom. The average molecular weight is 639 g/mol. The lowest BCUT2D eigenvalue weighted by Crippen LogP contribution is -1.95. The lowest BCUT2D eigenvalue weighted by Gasteiger charge is -2.13. The highest BCUT2D eigenvalue weighted by atomic mass is 32.1. The molecule has 0 spiro atoms. The first-order chi connectivity index (χ1) is 21.2. The van der Waals surface area contributed by atoms with Gasteiger partial charge in [0.15, 0.2) is 0 Å². The third-order valence-corrected chi connectivity index (χ3v) is 13.0. The smallest absolute Gasteiger partial charge is 0.0452 e. The highest BCUT2D eigenvalue weighted by Crippen LogP contribution is 2.44. The molecule has 0 aliphatic heterocycles. The molecule has 4 aromatic rings. The van der Waals surface area contributed by atoms with Crippen LogP contribution in [0.15, 0.2) is 100 Å². The third kappa shape index (κ3) is 7.42. The summed E-state index contributed by atoms with van der Waals surface area (Å²) in [5, 5.41) is 6.70. The lowest BCUT2D eigenvalue weighted by molar-refractivity contribution is 0.611. The monoisotopic (exact) mass is 638 g/mol. The number of hydrogen-bond acceptors (Lipinski definition) is 4. The van der Waals surface area contributed by atoms with Gasteiger partial charge in [0.05, 0.1) is 0 Å². The van der Waals surface area contributed by atoms with Crippen LogP contribution in [0.25, 0.3) is 20.9 Å². The van der Waals surface area contributed by atoms with Crippen molar-refractivity contribution < 1.29 is 0 Å². The maximum absolute atomic E-state index is 2.50. The number of allylic oxidation sites excluding steroid dienone is 10. The second-order valence-electron chi connectivity index (χ2n) is 11.8. The van der Waals surface area contributed by atoms with Crippen molar-refractivity contribution in [1.29, 1.82) is 0 Å². The van der Waals surface area contributed by atoms with Gasteiger partial charge in [-0.1, -0.05) is 88.1 Å². The fourth-order valence-electron chi connectivity index (χ4n) is 6.24. The van der Waals surface area contributed by atoms with Gasteiger partial charge >= 0.3 is 0 Å². The molecule has 4 aromatic heterocycles. The van der Waals surface area contributed by atoms with Crippen LogP contribution in [0.3, 0.4) is 0 Å². The summed E-state index contributed by atoms with van der Waals surface area (Å²) >= 11 is 7.66. The van der Waals surface area contributed by atoms with Gasteiger partial charge in [0.2, 0.25) is 0 Å². The molecule has 2 bridgehead atoms. The largest absolute Gasteiger partial charge is 0.149 e. The third-order valence-electron chi connectivity index (χ3n) is 8.66. The molecule has 43 heavy (non-hydrogen) atoms. The minimum Gasteiger partial charge on any atom is -0.149 e. The van der Waals surface area contributed by atoms with Gasteiger partial charge in [-0.05, 0) is 118 Å². The number of hydrogen-bond donors (Lipinski definition) is 0. The van der Waals surface area contributed by atoms with Crippen LogP contribution < -0.4 is 0 Å². The van der Waals surface area contributed by atoms with E-state index in [2.05, 4.69) is 103 Å². The van der Waals surface area contributed by atoms with E-state index < -0.39 is 0 Å². The standard InChI is InChI=1S/C39H42S4/c1-3-4-5-6-14-29-22-25-42-38(29)33-18-9-17-31-26-30(33)16-10-19-34(31)39-32(27-37(43-39)36-21-12-24-41-36)15-8-7-13-28(2)35-20-11-23-40-35/h9-12,16-25,27-28H,3-8,13-15,26H2,1-2H3. The molecule has 0 fully saturated rings. The van der Waals surface area contributed by atoms with Gasteiger partial charge in [0.25, 0.3) is 0 Å². The zero-order valence-electron chi connectivity index (χ0n) is 25.4. The van der Waals surface area contributed by atoms with E-state index in [1.54, 1.807) is 0 Å². The zero-order chi connectivity index (χ0) is 29.4. The van der Waals surface area contributed by atoms with E-state index in [-0.39, 0.29) is 0 Å². The first kappa shape index (κ1) is 30.5. The van der Waals surface area contributed by atoms with Gasteiger partial charge in [-0.15, -0.1) is 45.3 Å². The maximum atomic E-state index is 2.50. The lowest BCUT2D eigenvalue weighted by atomic mass is 9.93. The molecule has 0 N–H and O–H groups in total. The van der Waals surface area contributed by atoms with Gasteiger partial charge in [0.1, 0.15) is 0 Å². The quantitative estimate of drug-likeness (QED) is 0.121. The molecule has 4 heterocycles. The van der Waals surface area contributed by atoms with Crippen molar-refractivity contribution in [2.24, 2.45) is 0 Å². The van der Waals surface area contributed by atoms with Gasteiger partial charge < -0.3 is 0 Å². The molecular formula is C39H42S4. The number of unbranched alkanes of at least 4 members (excludes halogenated alkanes) is 4. The summed E-state index contributed by atoms with van der Waals surface area (Å²) in [6, 6.07) is 13.8. The molecule has 222 valence electrons. The highest BCUT2D eigenvalue weighted by molar-refractivity contribution is 7.22.